The van der Waals surface area contributed by atoms with Gasteiger partial charge in [0.05, 0.1) is 55.2 Å². The van der Waals surface area contributed by atoms with Crippen molar-refractivity contribution in [3.8, 4) is 22.3 Å². The molecular weight excluding hydrogens is 805 g/mol. The van der Waals surface area contributed by atoms with Crippen LogP contribution in [0.1, 0.15) is 101 Å². The molecule has 6 heteroatoms. The van der Waals surface area contributed by atoms with Crippen LogP contribution in [0.2, 0.25) is 0 Å². The first-order valence-electron chi connectivity index (χ1n) is 23.7. The van der Waals surface area contributed by atoms with E-state index in [0.29, 0.717) is 0 Å². The number of benzene rings is 7. The van der Waals surface area contributed by atoms with E-state index in [0.717, 1.165) is 33.6 Å². The first kappa shape index (κ1) is 39.4. The van der Waals surface area contributed by atoms with Crippen LogP contribution in [0.25, 0.3) is 111 Å². The molecule has 66 heavy (non-hydrogen) atoms. The van der Waals surface area contributed by atoms with Crippen molar-refractivity contribution in [2.75, 3.05) is 0 Å². The van der Waals surface area contributed by atoms with Gasteiger partial charge in [0.25, 0.3) is 0 Å². The number of fused-ring (bicyclic) bond motifs is 18. The van der Waals surface area contributed by atoms with Gasteiger partial charge in [-0.3, -0.25) is 17.6 Å². The lowest BCUT2D eigenvalue weighted by atomic mass is 9.86. The molecule has 0 N–H and O–H groups in total. The summed E-state index contributed by atoms with van der Waals surface area (Å²) in [7, 11) is 0. The van der Waals surface area contributed by atoms with Crippen molar-refractivity contribution in [1.82, 2.24) is 27.6 Å². The molecule has 326 valence electrons. The molecular formula is C60H56N6. The number of rotatable bonds is 2. The SMILES string of the molecule is Cc1cccc(C)c1-c1cc(-c2c(C)cccc2C)c2nc3n(c2c1)c1c2c4cc(C(C)(C)C)ccc4n4c2c(c2c5cc(C(C)(C)C)ccc5n3c21)n1c2cccc(C(C)(C)C)c2nc14. The summed E-state index contributed by atoms with van der Waals surface area (Å²) in [5, 5.41) is 4.98. The molecule has 0 unspecified atom stereocenters. The maximum absolute atomic E-state index is 5.89. The summed E-state index contributed by atoms with van der Waals surface area (Å²) in [6.45, 7) is 29.8. The van der Waals surface area contributed by atoms with Crippen molar-refractivity contribution < 1.29 is 0 Å². The van der Waals surface area contributed by atoms with Crippen LogP contribution in [0.4, 0.5) is 0 Å². The summed E-state index contributed by atoms with van der Waals surface area (Å²) in [4.78, 5) is 11.6. The van der Waals surface area contributed by atoms with Crippen molar-refractivity contribution in [1.29, 1.82) is 0 Å². The summed E-state index contributed by atoms with van der Waals surface area (Å²) < 4.78 is 10.0. The second kappa shape index (κ2) is 12.5. The van der Waals surface area contributed by atoms with Gasteiger partial charge in [-0.1, -0.05) is 123 Å². The van der Waals surface area contributed by atoms with Crippen LogP contribution in [0.15, 0.2) is 103 Å². The zero-order valence-electron chi connectivity index (χ0n) is 40.5. The van der Waals surface area contributed by atoms with Gasteiger partial charge in [0, 0.05) is 27.1 Å². The number of aromatic nitrogens is 6. The normalized spacial score (nSPS) is 13.5. The molecule has 0 aliphatic carbocycles. The molecule has 0 aliphatic heterocycles. The van der Waals surface area contributed by atoms with Gasteiger partial charge < -0.3 is 0 Å². The van der Waals surface area contributed by atoms with Crippen LogP contribution >= 0.6 is 0 Å². The van der Waals surface area contributed by atoms with Crippen molar-refractivity contribution in [2.45, 2.75) is 106 Å². The first-order valence-corrected chi connectivity index (χ1v) is 23.7. The molecule has 6 nitrogen and oxygen atoms in total. The first-order chi connectivity index (χ1) is 31.3. The van der Waals surface area contributed by atoms with E-state index in [4.69, 9.17) is 9.97 Å². The van der Waals surface area contributed by atoms with Crippen LogP contribution in [-0.4, -0.2) is 27.6 Å². The largest absolute Gasteiger partial charge is 0.277 e. The van der Waals surface area contributed by atoms with Gasteiger partial charge in [-0.05, 0) is 142 Å². The van der Waals surface area contributed by atoms with Gasteiger partial charge >= 0.3 is 0 Å². The predicted octanol–water partition coefficient (Wildman–Crippen LogP) is 15.7. The fraction of sp³-hybridized carbons (Fsp3) is 0.267. The van der Waals surface area contributed by atoms with Gasteiger partial charge in [0.1, 0.15) is 0 Å². The Morgan fingerprint density at radius 1 is 0.394 bits per heavy atom. The van der Waals surface area contributed by atoms with Gasteiger partial charge in [0.2, 0.25) is 11.6 Å². The zero-order valence-corrected chi connectivity index (χ0v) is 40.5. The average molecular weight is 861 g/mol. The van der Waals surface area contributed by atoms with E-state index in [-0.39, 0.29) is 16.2 Å². The van der Waals surface area contributed by atoms with E-state index in [2.05, 4.69) is 211 Å². The third-order valence-electron chi connectivity index (χ3n) is 15.2. The molecule has 0 spiro atoms. The Morgan fingerprint density at radius 2 is 0.833 bits per heavy atom. The fourth-order valence-electron chi connectivity index (χ4n) is 12.0. The van der Waals surface area contributed by atoms with Crippen LogP contribution in [-0.2, 0) is 16.2 Å². The Morgan fingerprint density at radius 3 is 1.32 bits per heavy atom. The molecule has 0 radical (unpaired) electrons. The Labute approximate surface area is 384 Å². The van der Waals surface area contributed by atoms with Crippen molar-refractivity contribution in [3.63, 3.8) is 0 Å². The molecule has 0 bridgehead atoms. The van der Waals surface area contributed by atoms with E-state index < -0.39 is 0 Å². The monoisotopic (exact) mass is 860 g/mol. The summed E-state index contributed by atoms with van der Waals surface area (Å²) in [6.07, 6.45) is 0. The molecule has 6 heterocycles. The van der Waals surface area contributed by atoms with Gasteiger partial charge in [-0.15, -0.1) is 0 Å². The van der Waals surface area contributed by atoms with Crippen LogP contribution in [0.5, 0.6) is 0 Å². The topological polar surface area (TPSA) is 43.4 Å². The third kappa shape index (κ3) is 4.92. The highest BCUT2D eigenvalue weighted by Gasteiger charge is 2.34. The quantitative estimate of drug-likeness (QED) is 0.174. The highest BCUT2D eigenvalue weighted by atomic mass is 15.2. The van der Waals surface area contributed by atoms with Crippen LogP contribution < -0.4 is 0 Å². The number of hydrogen-bond donors (Lipinski definition) is 0. The predicted molar refractivity (Wildman–Crippen MR) is 279 cm³/mol. The molecule has 13 aromatic rings. The Bertz CT molecular complexity index is 4210. The van der Waals surface area contributed by atoms with E-state index >= 15 is 0 Å². The Balaban J connectivity index is 1.36. The molecule has 0 fully saturated rings. The molecule has 0 aliphatic rings. The Kier molecular flexibility index (Phi) is 7.47. The standard InChI is InChI=1S/C60H56N6/c1-31-17-14-18-32(2)46(31)35-27-40(47-33(3)19-15-20-34(47)4)50-45(28-35)66-55-49-39-30-37(59(8,9)10)24-26-43(39)64-52(49)54(65-44-22-16-21-41(60(11,12)13)51(44)62-57(64)65)48-38-29-36(58(5,6)7)23-25-42(38)63(53(48)55)56(66)61-50/h14-30H,1-13H3. The van der Waals surface area contributed by atoms with E-state index in [9.17, 15) is 0 Å². The second-order valence-corrected chi connectivity index (χ2v) is 22.6. The zero-order chi connectivity index (χ0) is 45.8. The van der Waals surface area contributed by atoms with E-state index in [1.807, 2.05) is 0 Å². The lowest BCUT2D eigenvalue weighted by molar-refractivity contribution is 0.591. The molecule has 0 saturated heterocycles. The minimum atomic E-state index is -0.0883. The maximum atomic E-state index is 5.89. The number of hydrogen-bond acceptors (Lipinski definition) is 2. The minimum Gasteiger partial charge on any atom is -0.277 e. The average Bonchev–Trinajstić information content (AvgIpc) is 4.07. The Hall–Kier alpha value is -6.92. The lowest BCUT2D eigenvalue weighted by Crippen LogP contribution is -2.11. The van der Waals surface area contributed by atoms with Crippen molar-refractivity contribution >= 4 is 88.3 Å². The number of para-hydroxylation sites is 1. The number of aryl methyl sites for hydroxylation is 4. The minimum absolute atomic E-state index is 0.0513. The van der Waals surface area contributed by atoms with E-state index in [1.165, 1.54) is 116 Å². The molecule has 7 aromatic carbocycles. The molecule has 13 rings (SSSR count). The van der Waals surface area contributed by atoms with Crippen molar-refractivity contribution in [2.24, 2.45) is 0 Å². The summed E-state index contributed by atoms with van der Waals surface area (Å²) in [6, 6.07) is 39.3. The van der Waals surface area contributed by atoms with Crippen LogP contribution in [0, 0.1) is 27.7 Å². The van der Waals surface area contributed by atoms with Gasteiger partial charge in [0.15, 0.2) is 0 Å². The highest BCUT2D eigenvalue weighted by Crippen LogP contribution is 2.51. The molecule has 0 saturated carbocycles. The lowest BCUT2D eigenvalue weighted by Gasteiger charge is -2.19. The summed E-state index contributed by atoms with van der Waals surface area (Å²) in [5.74, 6) is 1.89. The fourth-order valence-corrected chi connectivity index (χ4v) is 12.0. The molecule has 6 aromatic heterocycles. The van der Waals surface area contributed by atoms with Gasteiger partial charge in [-0.25, -0.2) is 9.97 Å². The van der Waals surface area contributed by atoms with Gasteiger partial charge in [-0.2, -0.15) is 0 Å². The molecule has 0 amide bonds. The summed E-state index contributed by atoms with van der Waals surface area (Å²) >= 11 is 0. The maximum Gasteiger partial charge on any atom is 0.220 e. The number of imidazole rings is 4. The second-order valence-electron chi connectivity index (χ2n) is 22.6. The summed E-state index contributed by atoms with van der Waals surface area (Å²) in [5.41, 5.74) is 25.1. The van der Waals surface area contributed by atoms with Crippen LogP contribution in [0.3, 0.4) is 0 Å². The smallest absolute Gasteiger partial charge is 0.220 e. The number of nitrogens with zero attached hydrogens (tertiary/aromatic N) is 6. The third-order valence-corrected chi connectivity index (χ3v) is 15.2. The van der Waals surface area contributed by atoms with Crippen molar-refractivity contribution in [3.05, 3.63) is 142 Å². The highest BCUT2D eigenvalue weighted by molar-refractivity contribution is 6.37. The molecule has 0 atom stereocenters. The van der Waals surface area contributed by atoms with E-state index in [1.54, 1.807) is 0 Å².